The van der Waals surface area contributed by atoms with Gasteiger partial charge in [0, 0.05) is 18.8 Å². The van der Waals surface area contributed by atoms with E-state index < -0.39 is 10.0 Å². The quantitative estimate of drug-likeness (QED) is 0.895. The van der Waals surface area contributed by atoms with E-state index in [1.54, 1.807) is 11.0 Å². The number of hydrogen-bond acceptors (Lipinski definition) is 3. The van der Waals surface area contributed by atoms with E-state index in [1.807, 2.05) is 6.92 Å². The summed E-state index contributed by atoms with van der Waals surface area (Å²) in [6.07, 6.45) is 4.33. The van der Waals surface area contributed by atoms with E-state index in [9.17, 15) is 13.2 Å². The van der Waals surface area contributed by atoms with Gasteiger partial charge in [-0.25, -0.2) is 17.9 Å². The van der Waals surface area contributed by atoms with Gasteiger partial charge in [-0.15, -0.1) is 0 Å². The summed E-state index contributed by atoms with van der Waals surface area (Å²) in [5, 5.41) is 2.84. The minimum Gasteiger partial charge on any atom is -0.325 e. The topological polar surface area (TPSA) is 78.5 Å². The number of carbonyl (C=O) groups is 1. The normalized spacial score (nSPS) is 16.2. The number of nitrogens with zero attached hydrogens (tertiary/aromatic N) is 1. The molecule has 0 spiro atoms. The van der Waals surface area contributed by atoms with Gasteiger partial charge in [0.05, 0.1) is 4.90 Å². The van der Waals surface area contributed by atoms with Crippen LogP contribution in [-0.2, 0) is 10.0 Å². The maximum absolute atomic E-state index is 12.4. The zero-order valence-corrected chi connectivity index (χ0v) is 13.9. The molecule has 1 aromatic carbocycles. The van der Waals surface area contributed by atoms with Crippen LogP contribution in [0.1, 0.15) is 31.2 Å². The molecular formula is C15H23N3O3S. The summed E-state index contributed by atoms with van der Waals surface area (Å²) >= 11 is 0. The molecule has 1 heterocycles. The number of urea groups is 1. The summed E-state index contributed by atoms with van der Waals surface area (Å²) in [6, 6.07) is 4.56. The second kappa shape index (κ2) is 7.11. The largest absolute Gasteiger partial charge is 0.325 e. The second-order valence-corrected chi connectivity index (χ2v) is 7.40. The molecule has 1 fully saturated rings. The van der Waals surface area contributed by atoms with Gasteiger partial charge >= 0.3 is 6.03 Å². The van der Waals surface area contributed by atoms with Gasteiger partial charge in [0.2, 0.25) is 10.0 Å². The Morgan fingerprint density at radius 3 is 2.36 bits per heavy atom. The van der Waals surface area contributed by atoms with E-state index in [0.29, 0.717) is 5.69 Å². The van der Waals surface area contributed by atoms with Crippen LogP contribution in [0.2, 0.25) is 0 Å². The molecule has 1 aliphatic rings. The maximum Gasteiger partial charge on any atom is 0.321 e. The van der Waals surface area contributed by atoms with Crippen LogP contribution in [-0.4, -0.2) is 39.5 Å². The summed E-state index contributed by atoms with van der Waals surface area (Å²) in [5.74, 6) is 0. The Morgan fingerprint density at radius 1 is 1.14 bits per heavy atom. The zero-order chi connectivity index (χ0) is 16.2. The van der Waals surface area contributed by atoms with Gasteiger partial charge in [-0.3, -0.25) is 0 Å². The molecule has 1 saturated heterocycles. The highest BCUT2D eigenvalue weighted by Crippen LogP contribution is 2.21. The summed E-state index contributed by atoms with van der Waals surface area (Å²) in [4.78, 5) is 14.3. The van der Waals surface area contributed by atoms with Crippen LogP contribution in [0, 0.1) is 6.92 Å². The van der Waals surface area contributed by atoms with Crippen molar-refractivity contribution in [2.24, 2.45) is 0 Å². The fourth-order valence-electron chi connectivity index (χ4n) is 2.49. The van der Waals surface area contributed by atoms with Crippen molar-refractivity contribution in [2.45, 2.75) is 37.5 Å². The van der Waals surface area contributed by atoms with E-state index in [1.165, 1.54) is 19.2 Å². The lowest BCUT2D eigenvalue weighted by Crippen LogP contribution is -2.35. The molecule has 2 rings (SSSR count). The van der Waals surface area contributed by atoms with Crippen LogP contribution < -0.4 is 10.0 Å². The molecule has 0 aliphatic carbocycles. The van der Waals surface area contributed by atoms with E-state index in [-0.39, 0.29) is 10.9 Å². The van der Waals surface area contributed by atoms with Crippen molar-refractivity contribution in [1.82, 2.24) is 9.62 Å². The molecule has 122 valence electrons. The molecule has 2 N–H and O–H groups in total. The Hall–Kier alpha value is -1.60. The minimum atomic E-state index is -3.52. The highest BCUT2D eigenvalue weighted by molar-refractivity contribution is 7.89. The monoisotopic (exact) mass is 325 g/mol. The summed E-state index contributed by atoms with van der Waals surface area (Å²) in [6.45, 7) is 3.34. The smallest absolute Gasteiger partial charge is 0.321 e. The third-order valence-corrected chi connectivity index (χ3v) is 5.33. The van der Waals surface area contributed by atoms with Crippen LogP contribution in [0.15, 0.2) is 23.1 Å². The molecule has 6 nitrogen and oxygen atoms in total. The number of rotatable bonds is 3. The maximum atomic E-state index is 12.4. The first-order valence-corrected chi connectivity index (χ1v) is 9.02. The van der Waals surface area contributed by atoms with Gasteiger partial charge in [0.25, 0.3) is 0 Å². The third-order valence-electron chi connectivity index (χ3n) is 3.92. The molecule has 0 bridgehead atoms. The lowest BCUT2D eigenvalue weighted by molar-refractivity contribution is 0.213. The van der Waals surface area contributed by atoms with Gasteiger partial charge < -0.3 is 10.2 Å². The van der Waals surface area contributed by atoms with Gasteiger partial charge in [0.1, 0.15) is 0 Å². The highest BCUT2D eigenvalue weighted by Gasteiger charge is 2.18. The molecule has 0 aromatic heterocycles. The van der Waals surface area contributed by atoms with E-state index >= 15 is 0 Å². The van der Waals surface area contributed by atoms with Gasteiger partial charge in [0.15, 0.2) is 0 Å². The Morgan fingerprint density at radius 2 is 1.77 bits per heavy atom. The number of aryl methyl sites for hydroxylation is 1. The Labute approximate surface area is 131 Å². The first-order valence-electron chi connectivity index (χ1n) is 7.54. The number of nitrogens with one attached hydrogen (secondary N) is 2. The number of carbonyl (C=O) groups excluding carboxylic acids is 1. The molecule has 1 aromatic rings. The van der Waals surface area contributed by atoms with E-state index in [0.717, 1.165) is 44.3 Å². The molecule has 22 heavy (non-hydrogen) atoms. The van der Waals surface area contributed by atoms with Crippen molar-refractivity contribution in [3.05, 3.63) is 23.8 Å². The lowest BCUT2D eigenvalue weighted by atomic mass is 10.2. The molecule has 7 heteroatoms. The number of hydrogen-bond donors (Lipinski definition) is 2. The predicted molar refractivity (Wildman–Crippen MR) is 86.5 cm³/mol. The lowest BCUT2D eigenvalue weighted by Gasteiger charge is -2.21. The minimum absolute atomic E-state index is 0.145. The van der Waals surface area contributed by atoms with Crippen molar-refractivity contribution < 1.29 is 13.2 Å². The van der Waals surface area contributed by atoms with Crippen LogP contribution >= 0.6 is 0 Å². The number of likely N-dealkylation sites (tertiary alicyclic amines) is 1. The van der Waals surface area contributed by atoms with Crippen molar-refractivity contribution in [1.29, 1.82) is 0 Å². The van der Waals surface area contributed by atoms with Gasteiger partial charge in [-0.1, -0.05) is 18.9 Å². The van der Waals surface area contributed by atoms with Crippen LogP contribution in [0.25, 0.3) is 0 Å². The Kier molecular flexibility index (Phi) is 5.42. The second-order valence-electron chi connectivity index (χ2n) is 5.52. The summed E-state index contributed by atoms with van der Waals surface area (Å²) in [7, 11) is -2.15. The Bertz CT molecular complexity index is 635. The first-order chi connectivity index (χ1) is 10.4. The van der Waals surface area contributed by atoms with Crippen molar-refractivity contribution in [3.63, 3.8) is 0 Å². The summed E-state index contributed by atoms with van der Waals surface area (Å²) < 4.78 is 26.0. The molecule has 0 saturated carbocycles. The first kappa shape index (κ1) is 16.8. The Balaban J connectivity index is 2.18. The van der Waals surface area contributed by atoms with Crippen LogP contribution in [0.3, 0.4) is 0 Å². The van der Waals surface area contributed by atoms with Crippen molar-refractivity contribution >= 4 is 21.7 Å². The molecule has 0 unspecified atom stereocenters. The highest BCUT2D eigenvalue weighted by atomic mass is 32.2. The fourth-order valence-corrected chi connectivity index (χ4v) is 3.24. The average molecular weight is 325 g/mol. The van der Waals surface area contributed by atoms with Crippen LogP contribution in [0.4, 0.5) is 10.5 Å². The van der Waals surface area contributed by atoms with Crippen molar-refractivity contribution in [3.8, 4) is 0 Å². The number of amides is 2. The molecule has 0 radical (unpaired) electrons. The summed E-state index contributed by atoms with van der Waals surface area (Å²) in [5.41, 5.74) is 1.36. The van der Waals surface area contributed by atoms with Gasteiger partial charge in [-0.2, -0.15) is 0 Å². The number of benzene rings is 1. The SMILES string of the molecule is CNS(=O)(=O)c1ccc(C)c(NC(=O)N2CCCCCC2)c1. The van der Waals surface area contributed by atoms with E-state index in [4.69, 9.17) is 0 Å². The molecule has 1 aliphatic heterocycles. The average Bonchev–Trinajstić information content (AvgIpc) is 2.78. The van der Waals surface area contributed by atoms with Gasteiger partial charge in [-0.05, 0) is 44.5 Å². The van der Waals surface area contributed by atoms with Crippen molar-refractivity contribution in [2.75, 3.05) is 25.5 Å². The number of sulfonamides is 1. The molecule has 0 atom stereocenters. The predicted octanol–water partition coefficient (Wildman–Crippen LogP) is 2.31. The van der Waals surface area contributed by atoms with Crippen LogP contribution in [0.5, 0.6) is 0 Å². The number of anilines is 1. The third kappa shape index (κ3) is 3.98. The standard InChI is InChI=1S/C15H23N3O3S/c1-12-7-8-13(22(20,21)16-2)11-14(12)17-15(19)18-9-5-3-4-6-10-18/h7-8,11,16H,3-6,9-10H2,1-2H3,(H,17,19). The van der Waals surface area contributed by atoms with E-state index in [2.05, 4.69) is 10.0 Å². The fraction of sp³-hybridized carbons (Fsp3) is 0.533. The zero-order valence-electron chi connectivity index (χ0n) is 13.1. The molecule has 2 amide bonds. The molecular weight excluding hydrogens is 302 g/mol.